The minimum atomic E-state index is -0.534. The zero-order valence-corrected chi connectivity index (χ0v) is 15.2. The van der Waals surface area contributed by atoms with E-state index in [1.165, 1.54) is 19.6 Å². The number of anilines is 1. The van der Waals surface area contributed by atoms with Gasteiger partial charge >= 0.3 is 5.97 Å². The molecular weight excluding hydrogens is 318 g/mol. The average Bonchev–Trinajstić information content (AvgIpc) is 2.55. The molecule has 0 aliphatic heterocycles. The maximum Gasteiger partial charge on any atom is 0.341 e. The first kappa shape index (κ1) is 18.5. The van der Waals surface area contributed by atoms with Gasteiger partial charge in [0.05, 0.1) is 12.8 Å². The molecule has 2 rings (SSSR count). The Labute approximate surface area is 148 Å². The molecule has 1 N–H and O–H groups in total. The number of benzene rings is 2. The molecule has 0 radical (unpaired) electrons. The molecule has 0 heterocycles. The van der Waals surface area contributed by atoms with Gasteiger partial charge in [0, 0.05) is 6.92 Å². The minimum Gasteiger partial charge on any atom is -0.465 e. The number of methoxy groups -OCH3 is 1. The van der Waals surface area contributed by atoms with Crippen LogP contribution in [-0.2, 0) is 14.9 Å². The fourth-order valence-electron chi connectivity index (χ4n) is 2.35. The molecule has 0 saturated carbocycles. The molecule has 5 heteroatoms. The predicted octanol–water partition coefficient (Wildman–Crippen LogP) is 4.52. The van der Waals surface area contributed by atoms with Crippen molar-refractivity contribution in [3.05, 3.63) is 53.6 Å². The molecule has 0 aliphatic rings. The van der Waals surface area contributed by atoms with Gasteiger partial charge in [0.15, 0.2) is 5.75 Å². The van der Waals surface area contributed by atoms with Crippen LogP contribution in [0.4, 0.5) is 5.69 Å². The van der Waals surface area contributed by atoms with Gasteiger partial charge in [-0.3, -0.25) is 4.79 Å². The SMILES string of the molecule is COC(=O)c1cccc(NC(C)=O)c1Oc1ccc(C(C)(C)C)cc1. The standard InChI is InChI=1S/C20H23NO4/c1-13(22)21-17-8-6-7-16(19(23)24-5)18(17)25-15-11-9-14(10-12-15)20(2,3)4/h6-12H,1-5H3,(H,21,22). The van der Waals surface area contributed by atoms with E-state index in [0.29, 0.717) is 11.4 Å². The number of para-hydroxylation sites is 1. The maximum absolute atomic E-state index is 12.0. The van der Waals surface area contributed by atoms with Crippen molar-refractivity contribution in [1.82, 2.24) is 0 Å². The van der Waals surface area contributed by atoms with Crippen molar-refractivity contribution < 1.29 is 19.1 Å². The molecule has 0 bridgehead atoms. The molecule has 132 valence electrons. The first-order chi connectivity index (χ1) is 11.7. The summed E-state index contributed by atoms with van der Waals surface area (Å²) in [7, 11) is 1.30. The van der Waals surface area contributed by atoms with E-state index in [9.17, 15) is 9.59 Å². The fraction of sp³-hybridized carbons (Fsp3) is 0.300. The van der Waals surface area contributed by atoms with Crippen molar-refractivity contribution in [3.63, 3.8) is 0 Å². The number of hydrogen-bond donors (Lipinski definition) is 1. The first-order valence-corrected chi connectivity index (χ1v) is 7.99. The Bertz CT molecular complexity index is 773. The second kappa shape index (κ2) is 7.38. The summed E-state index contributed by atoms with van der Waals surface area (Å²) in [5.74, 6) is 0.0347. The van der Waals surface area contributed by atoms with Crippen LogP contribution in [0.5, 0.6) is 11.5 Å². The van der Waals surface area contributed by atoms with Gasteiger partial charge in [0.2, 0.25) is 5.91 Å². The second-order valence-electron chi connectivity index (χ2n) is 6.73. The van der Waals surface area contributed by atoms with Crippen LogP contribution in [0, 0.1) is 0 Å². The smallest absolute Gasteiger partial charge is 0.341 e. The van der Waals surface area contributed by atoms with Crippen LogP contribution in [0.1, 0.15) is 43.6 Å². The first-order valence-electron chi connectivity index (χ1n) is 7.99. The molecule has 0 unspecified atom stereocenters. The molecule has 0 atom stereocenters. The van der Waals surface area contributed by atoms with Gasteiger partial charge in [0.1, 0.15) is 11.3 Å². The highest BCUT2D eigenvalue weighted by Crippen LogP contribution is 2.35. The third kappa shape index (κ3) is 4.59. The van der Waals surface area contributed by atoms with E-state index >= 15 is 0 Å². The summed E-state index contributed by atoms with van der Waals surface area (Å²) in [6.45, 7) is 7.78. The van der Waals surface area contributed by atoms with Gasteiger partial charge < -0.3 is 14.8 Å². The van der Waals surface area contributed by atoms with Gasteiger partial charge in [-0.05, 0) is 35.2 Å². The average molecular weight is 341 g/mol. The molecule has 2 aromatic rings. The number of carbonyl (C=O) groups is 2. The third-order valence-corrected chi connectivity index (χ3v) is 3.67. The number of rotatable bonds is 4. The van der Waals surface area contributed by atoms with Crippen LogP contribution in [0.15, 0.2) is 42.5 Å². The van der Waals surface area contributed by atoms with Crippen LogP contribution in [-0.4, -0.2) is 19.0 Å². The number of nitrogens with one attached hydrogen (secondary N) is 1. The Balaban J connectivity index is 2.42. The van der Waals surface area contributed by atoms with E-state index in [0.717, 1.165) is 0 Å². The molecule has 5 nitrogen and oxygen atoms in total. The van der Waals surface area contributed by atoms with Crippen LogP contribution >= 0.6 is 0 Å². The van der Waals surface area contributed by atoms with Crippen LogP contribution in [0.3, 0.4) is 0 Å². The molecular formula is C20H23NO4. The summed E-state index contributed by atoms with van der Waals surface area (Å²) in [5, 5.41) is 2.68. The summed E-state index contributed by atoms with van der Waals surface area (Å²) < 4.78 is 10.7. The second-order valence-corrected chi connectivity index (χ2v) is 6.73. The predicted molar refractivity (Wildman–Crippen MR) is 97.3 cm³/mol. The van der Waals surface area contributed by atoms with Crippen LogP contribution < -0.4 is 10.1 Å². The van der Waals surface area contributed by atoms with E-state index < -0.39 is 5.97 Å². The number of carbonyl (C=O) groups excluding carboxylic acids is 2. The number of esters is 1. The summed E-state index contributed by atoms with van der Waals surface area (Å²) >= 11 is 0. The Kier molecular flexibility index (Phi) is 5.47. The van der Waals surface area contributed by atoms with Gasteiger partial charge in [0.25, 0.3) is 0 Å². The molecule has 25 heavy (non-hydrogen) atoms. The molecule has 0 fully saturated rings. The molecule has 0 aromatic heterocycles. The highest BCUT2D eigenvalue weighted by atomic mass is 16.5. The van der Waals surface area contributed by atoms with Crippen molar-refractivity contribution in [2.24, 2.45) is 0 Å². The zero-order chi connectivity index (χ0) is 18.6. The van der Waals surface area contributed by atoms with Crippen molar-refractivity contribution in [1.29, 1.82) is 0 Å². The summed E-state index contributed by atoms with van der Waals surface area (Å²) in [6, 6.07) is 12.6. The Hall–Kier alpha value is -2.82. The number of ether oxygens (including phenoxy) is 2. The van der Waals surface area contributed by atoms with E-state index in [4.69, 9.17) is 9.47 Å². The molecule has 1 amide bonds. The highest BCUT2D eigenvalue weighted by molar-refractivity contribution is 5.98. The lowest BCUT2D eigenvalue weighted by molar-refractivity contribution is -0.114. The van der Waals surface area contributed by atoms with Crippen molar-refractivity contribution in [2.45, 2.75) is 33.1 Å². The monoisotopic (exact) mass is 341 g/mol. The van der Waals surface area contributed by atoms with Crippen molar-refractivity contribution in [2.75, 3.05) is 12.4 Å². The molecule has 0 spiro atoms. The number of hydrogen-bond acceptors (Lipinski definition) is 4. The van der Waals surface area contributed by atoms with Crippen molar-refractivity contribution in [3.8, 4) is 11.5 Å². The molecule has 0 saturated heterocycles. The fourth-order valence-corrected chi connectivity index (χ4v) is 2.35. The summed E-state index contributed by atoms with van der Waals surface area (Å²) in [5.41, 5.74) is 1.86. The molecule has 2 aromatic carbocycles. The van der Waals surface area contributed by atoms with Gasteiger partial charge in [-0.1, -0.05) is 39.0 Å². The van der Waals surface area contributed by atoms with Gasteiger partial charge in [-0.25, -0.2) is 4.79 Å². The lowest BCUT2D eigenvalue weighted by Crippen LogP contribution is -2.11. The summed E-state index contributed by atoms with van der Waals surface area (Å²) in [6.07, 6.45) is 0. The largest absolute Gasteiger partial charge is 0.465 e. The maximum atomic E-state index is 12.0. The normalized spacial score (nSPS) is 10.9. The Morgan fingerprint density at radius 3 is 2.16 bits per heavy atom. The van der Waals surface area contributed by atoms with E-state index in [2.05, 4.69) is 26.1 Å². The third-order valence-electron chi connectivity index (χ3n) is 3.67. The highest BCUT2D eigenvalue weighted by Gasteiger charge is 2.19. The Morgan fingerprint density at radius 1 is 1.00 bits per heavy atom. The topological polar surface area (TPSA) is 64.6 Å². The van der Waals surface area contributed by atoms with E-state index in [-0.39, 0.29) is 22.6 Å². The van der Waals surface area contributed by atoms with Crippen LogP contribution in [0.25, 0.3) is 0 Å². The van der Waals surface area contributed by atoms with Crippen molar-refractivity contribution >= 4 is 17.6 Å². The van der Waals surface area contributed by atoms with E-state index in [1.54, 1.807) is 18.2 Å². The summed E-state index contributed by atoms with van der Waals surface area (Å²) in [4.78, 5) is 23.5. The number of amides is 1. The van der Waals surface area contributed by atoms with E-state index in [1.807, 2.05) is 24.3 Å². The Morgan fingerprint density at radius 2 is 1.64 bits per heavy atom. The van der Waals surface area contributed by atoms with Crippen LogP contribution in [0.2, 0.25) is 0 Å². The lowest BCUT2D eigenvalue weighted by atomic mass is 9.87. The lowest BCUT2D eigenvalue weighted by Gasteiger charge is -2.20. The van der Waals surface area contributed by atoms with Gasteiger partial charge in [-0.2, -0.15) is 0 Å². The quantitative estimate of drug-likeness (QED) is 0.830. The van der Waals surface area contributed by atoms with Gasteiger partial charge in [-0.15, -0.1) is 0 Å². The minimum absolute atomic E-state index is 0.0315. The zero-order valence-electron chi connectivity index (χ0n) is 15.2. The molecule has 0 aliphatic carbocycles.